The zero-order valence-electron chi connectivity index (χ0n) is 36.3. The van der Waals surface area contributed by atoms with Crippen LogP contribution in [0.4, 0.5) is 49.1 Å². The number of fused-ring (bicyclic) bond motifs is 6. The van der Waals surface area contributed by atoms with Crippen molar-refractivity contribution in [3.8, 4) is 11.4 Å². The number of carbonyl (C=O) groups is 2. The summed E-state index contributed by atoms with van der Waals surface area (Å²) in [6.07, 6.45) is 4.48. The molecule has 2 fully saturated rings. The third-order valence-electron chi connectivity index (χ3n) is 11.5. The predicted molar refractivity (Wildman–Crippen MR) is 239 cm³/mol. The fourth-order valence-electron chi connectivity index (χ4n) is 8.26. The number of aromatic nitrogens is 8. The first kappa shape index (κ1) is 49.5. The molecule has 0 unspecified atom stereocenters. The molecule has 4 aliphatic rings. The molecule has 3 radical (unpaired) electrons. The monoisotopic (exact) mass is 927 g/mol. The van der Waals surface area contributed by atoms with Crippen LogP contribution in [0.3, 0.4) is 0 Å². The quantitative estimate of drug-likeness (QED) is 0.0875. The van der Waals surface area contributed by atoms with Gasteiger partial charge in [-0.25, -0.2) is 47.1 Å². The van der Waals surface area contributed by atoms with Crippen LogP contribution in [0, 0.1) is 17.7 Å². The second-order valence-electron chi connectivity index (χ2n) is 15.9. The van der Waals surface area contributed by atoms with Crippen molar-refractivity contribution in [2.75, 3.05) is 28.3 Å². The Kier molecular flexibility index (Phi) is 15.3. The van der Waals surface area contributed by atoms with Gasteiger partial charge in [-0.05, 0) is 113 Å². The number of anilines is 3. The standard InChI is InChI=1S/C22H22F2N6O2.C13H14FN3.C9H9F2N3O2.CH4.B/c1-12(23)18-10-32-22(31)30(18)19-7-8-25-21(28-19)27-13(2)20-17-5-3-14-9-15(24)4-6-16(14)29(17)11-26-20;1-8(15)13-12-4-2-9-6-10(14)3-5-11(9)17(12)7-16-13;1-5(10)6-4-16-9(15)14(6)7-2-3-12-8(11)13-7;;/h4,6-9,11-13,18H,3,5,10H2,1-2H3,(H,25,27,28);3,5-8H,2,4,15H2,1H3;2-3,5-6H,4H2,1H3;1H4;/t12-,13-,18+;8-;5-,6+;;/m000../s1. The molecular weight excluding hydrogens is 878 g/mol. The van der Waals surface area contributed by atoms with E-state index in [1.165, 1.54) is 43.1 Å². The Labute approximate surface area is 385 Å². The first-order valence-corrected chi connectivity index (χ1v) is 20.9. The maximum Gasteiger partial charge on any atom is 0.416 e. The summed E-state index contributed by atoms with van der Waals surface area (Å²) < 4.78 is 80.4. The van der Waals surface area contributed by atoms with Gasteiger partial charge in [-0.15, -0.1) is 0 Å². The van der Waals surface area contributed by atoms with Crippen molar-refractivity contribution in [1.29, 1.82) is 0 Å². The average molecular weight is 928 g/mol. The molecule has 6 atom stereocenters. The van der Waals surface area contributed by atoms with E-state index >= 15 is 0 Å². The molecule has 6 aromatic rings. The molecule has 2 saturated heterocycles. The Morgan fingerprint density at radius 1 is 0.672 bits per heavy atom. The molecule has 4 aromatic heterocycles. The molecule has 0 bridgehead atoms. The summed E-state index contributed by atoms with van der Waals surface area (Å²) in [5.74, 6) is 0.143. The number of aryl methyl sites for hydroxylation is 2. The summed E-state index contributed by atoms with van der Waals surface area (Å²) in [7, 11) is 0. The second kappa shape index (κ2) is 20.7. The lowest BCUT2D eigenvalue weighted by Gasteiger charge is -2.23. The van der Waals surface area contributed by atoms with E-state index < -0.39 is 42.7 Å². The zero-order valence-corrected chi connectivity index (χ0v) is 36.3. The first-order chi connectivity index (χ1) is 31.2. The number of cyclic esters (lactones) is 2. The van der Waals surface area contributed by atoms with Gasteiger partial charge >= 0.3 is 18.3 Å². The van der Waals surface area contributed by atoms with Gasteiger partial charge in [0.05, 0.1) is 41.5 Å². The van der Waals surface area contributed by atoms with E-state index in [4.69, 9.17) is 15.2 Å². The van der Waals surface area contributed by atoms with Gasteiger partial charge in [0, 0.05) is 38.2 Å². The van der Waals surface area contributed by atoms with E-state index in [0.29, 0.717) is 5.95 Å². The fraction of sp³-hybridized carbons (Fsp3) is 0.378. The Hall–Kier alpha value is -6.97. The molecule has 2 aromatic carbocycles. The van der Waals surface area contributed by atoms with Crippen LogP contribution >= 0.6 is 0 Å². The summed E-state index contributed by atoms with van der Waals surface area (Å²) in [5.41, 5.74) is 13.8. The van der Waals surface area contributed by atoms with Gasteiger partial charge in [0.1, 0.15) is 60.9 Å². The van der Waals surface area contributed by atoms with Crippen LogP contribution < -0.4 is 20.9 Å². The van der Waals surface area contributed by atoms with E-state index in [-0.39, 0.29) is 64.4 Å². The van der Waals surface area contributed by atoms with Crippen LogP contribution in [0.2, 0.25) is 0 Å². The molecular formula is C45H49BF5N12O4. The summed E-state index contributed by atoms with van der Waals surface area (Å²) in [6.45, 7) is 6.47. The Morgan fingerprint density at radius 2 is 1.15 bits per heavy atom. The Morgan fingerprint density at radius 3 is 1.64 bits per heavy atom. The highest BCUT2D eigenvalue weighted by Gasteiger charge is 2.40. The van der Waals surface area contributed by atoms with Crippen molar-refractivity contribution >= 4 is 38.2 Å². The van der Waals surface area contributed by atoms with Crippen molar-refractivity contribution in [3.63, 3.8) is 0 Å². The number of amides is 2. The molecule has 67 heavy (non-hydrogen) atoms. The summed E-state index contributed by atoms with van der Waals surface area (Å²) in [6, 6.07) is 10.7. The van der Waals surface area contributed by atoms with Crippen LogP contribution in [0.25, 0.3) is 11.4 Å². The van der Waals surface area contributed by atoms with E-state index in [9.17, 15) is 31.5 Å². The second-order valence-corrected chi connectivity index (χ2v) is 15.9. The lowest BCUT2D eigenvalue weighted by molar-refractivity contribution is 0.173. The summed E-state index contributed by atoms with van der Waals surface area (Å²) >= 11 is 0. The van der Waals surface area contributed by atoms with Crippen molar-refractivity contribution in [2.45, 2.75) is 97.3 Å². The number of benzene rings is 2. The highest BCUT2D eigenvalue weighted by atomic mass is 19.1. The van der Waals surface area contributed by atoms with Crippen molar-refractivity contribution in [3.05, 3.63) is 125 Å². The predicted octanol–water partition coefficient (Wildman–Crippen LogP) is 7.44. The molecule has 0 aliphatic carbocycles. The number of nitrogens with zero attached hydrogens (tertiary/aromatic N) is 10. The average Bonchev–Trinajstić information content (AvgIpc) is 4.09. The fourth-order valence-corrected chi connectivity index (χ4v) is 8.26. The van der Waals surface area contributed by atoms with Gasteiger partial charge in [-0.2, -0.15) is 14.4 Å². The van der Waals surface area contributed by atoms with Gasteiger partial charge in [-0.3, -0.25) is 9.80 Å². The van der Waals surface area contributed by atoms with Crippen molar-refractivity contribution in [1.82, 2.24) is 39.0 Å². The van der Waals surface area contributed by atoms with Crippen LogP contribution in [-0.2, 0) is 35.2 Å². The van der Waals surface area contributed by atoms with Gasteiger partial charge in [-0.1, -0.05) is 7.43 Å². The molecule has 351 valence electrons. The number of rotatable bonds is 8. The SMILES string of the molecule is C.C[C@H](F)[C@H]1COC(=O)N1c1ccnc(F)n1.C[C@H](N)c1ncn2c1CCc1cc(F)ccc1-2.C[C@H](Nc1nccc(N2C(=O)OC[C@@H]2[C@H](C)F)n1)c1ncn2c1CCc1cc(F)ccc1-2.[B]. The number of nitrogens with two attached hydrogens (primary N) is 1. The lowest BCUT2D eigenvalue weighted by atomic mass is 9.99. The molecule has 10 rings (SSSR count). The van der Waals surface area contributed by atoms with Crippen molar-refractivity contribution in [2.24, 2.45) is 5.73 Å². The molecule has 8 heterocycles. The topological polar surface area (TPSA) is 184 Å². The first-order valence-electron chi connectivity index (χ1n) is 20.9. The van der Waals surface area contributed by atoms with E-state index in [2.05, 4.69) is 35.2 Å². The number of hydrogen-bond acceptors (Lipinski definition) is 12. The van der Waals surface area contributed by atoms with Gasteiger partial charge in [0.25, 0.3) is 0 Å². The van der Waals surface area contributed by atoms with E-state index in [1.807, 2.05) is 23.0 Å². The normalized spacial score (nSPS) is 18.3. The minimum Gasteiger partial charge on any atom is -0.447 e. The highest BCUT2D eigenvalue weighted by molar-refractivity contribution is 5.90. The van der Waals surface area contributed by atoms with Crippen LogP contribution in [0.1, 0.15) is 81.1 Å². The number of imidazole rings is 2. The Bertz CT molecular complexity index is 2720. The summed E-state index contributed by atoms with van der Waals surface area (Å²) in [5, 5.41) is 3.22. The minimum atomic E-state index is -1.29. The third-order valence-corrected chi connectivity index (χ3v) is 11.5. The smallest absolute Gasteiger partial charge is 0.416 e. The molecule has 2 amide bonds. The molecule has 4 aliphatic heterocycles. The maximum absolute atomic E-state index is 13.9. The number of alkyl halides is 2. The zero-order chi connectivity index (χ0) is 46.1. The molecule has 22 heteroatoms. The van der Waals surface area contributed by atoms with Crippen molar-refractivity contribution < 1.29 is 41.0 Å². The number of halogens is 5. The van der Waals surface area contributed by atoms with E-state index in [1.54, 1.807) is 43.0 Å². The highest BCUT2D eigenvalue weighted by Crippen LogP contribution is 2.32. The van der Waals surface area contributed by atoms with Crippen LogP contribution in [0.5, 0.6) is 0 Å². The number of ether oxygens (including phenoxy) is 2. The Balaban J connectivity index is 0.000000179. The number of carbonyl (C=O) groups excluding carboxylic acids is 2. The van der Waals surface area contributed by atoms with E-state index in [0.717, 1.165) is 82.1 Å². The van der Waals surface area contributed by atoms with Gasteiger partial charge in [0.2, 0.25) is 5.95 Å². The molecule has 3 N–H and O–H groups in total. The number of nitrogens with one attached hydrogen (secondary N) is 1. The van der Waals surface area contributed by atoms with Crippen LogP contribution in [-0.4, -0.2) is 97.3 Å². The lowest BCUT2D eigenvalue weighted by Crippen LogP contribution is -2.39. The third kappa shape index (κ3) is 10.2. The number of hydrogen-bond donors (Lipinski definition) is 2. The molecule has 16 nitrogen and oxygen atoms in total. The molecule has 0 spiro atoms. The maximum atomic E-state index is 13.9. The largest absolute Gasteiger partial charge is 0.447 e. The van der Waals surface area contributed by atoms with Crippen LogP contribution in [0.15, 0.2) is 73.6 Å². The van der Waals surface area contributed by atoms with Gasteiger partial charge in [0.15, 0.2) is 0 Å². The minimum absolute atomic E-state index is 0. The summed E-state index contributed by atoms with van der Waals surface area (Å²) in [4.78, 5) is 49.9. The molecule has 0 saturated carbocycles. The van der Waals surface area contributed by atoms with Gasteiger partial charge < -0.3 is 29.7 Å².